The van der Waals surface area contributed by atoms with Crippen LogP contribution in [0.25, 0.3) is 10.2 Å². The highest BCUT2D eigenvalue weighted by atomic mass is 32.2. The van der Waals surface area contributed by atoms with E-state index in [1.807, 2.05) is 0 Å². The maximum absolute atomic E-state index is 11.6. The monoisotopic (exact) mass is 355 g/mol. The zero-order chi connectivity index (χ0) is 16.6. The van der Waals surface area contributed by atoms with Crippen LogP contribution in [0.3, 0.4) is 0 Å². The van der Waals surface area contributed by atoms with E-state index in [4.69, 9.17) is 4.74 Å². The molecule has 120 valence electrons. The van der Waals surface area contributed by atoms with E-state index >= 15 is 0 Å². The Morgan fingerprint density at radius 1 is 1.26 bits per heavy atom. The Morgan fingerprint density at radius 3 is 2.61 bits per heavy atom. The molecule has 12 heteroatoms. The number of fused-ring (bicyclic) bond motifs is 1. The van der Waals surface area contributed by atoms with E-state index in [9.17, 15) is 18.0 Å². The normalized spacial score (nSPS) is 18.1. The summed E-state index contributed by atoms with van der Waals surface area (Å²) in [5.41, 5.74) is 0.657. The number of azo groups is 1. The Bertz CT molecular complexity index is 911. The van der Waals surface area contributed by atoms with Crippen molar-refractivity contribution in [1.82, 2.24) is 14.4 Å². The van der Waals surface area contributed by atoms with Crippen LogP contribution in [0.4, 0.5) is 5.13 Å². The molecule has 2 N–H and O–H groups in total. The zero-order valence-electron chi connectivity index (χ0n) is 11.5. The SMILES string of the molecule is COc1ccc2nc(N=NC3C(=O)NS(=O)(=O)NC3=O)sc2c1. The number of amides is 2. The fourth-order valence-electron chi connectivity index (χ4n) is 1.80. The van der Waals surface area contributed by atoms with Gasteiger partial charge < -0.3 is 4.74 Å². The molecule has 0 atom stereocenters. The molecule has 1 aliphatic rings. The van der Waals surface area contributed by atoms with Crippen molar-refractivity contribution in [3.05, 3.63) is 18.2 Å². The number of nitrogens with one attached hydrogen (secondary N) is 2. The third kappa shape index (κ3) is 3.12. The molecule has 2 amide bonds. The Balaban J connectivity index is 1.85. The number of methoxy groups -OCH3 is 1. The van der Waals surface area contributed by atoms with Crippen LogP contribution in [0.2, 0.25) is 0 Å². The van der Waals surface area contributed by atoms with Gasteiger partial charge in [-0.1, -0.05) is 11.3 Å². The first-order valence-electron chi connectivity index (χ1n) is 6.11. The summed E-state index contributed by atoms with van der Waals surface area (Å²) in [7, 11) is -2.61. The number of hydrogen-bond donors (Lipinski definition) is 2. The minimum absolute atomic E-state index is 0.224. The molecule has 23 heavy (non-hydrogen) atoms. The molecule has 1 aromatic carbocycles. The predicted octanol–water partition coefficient (Wildman–Crippen LogP) is 0.248. The molecular weight excluding hydrogens is 346 g/mol. The van der Waals surface area contributed by atoms with E-state index in [2.05, 4.69) is 15.2 Å². The van der Waals surface area contributed by atoms with E-state index in [0.29, 0.717) is 11.3 Å². The van der Waals surface area contributed by atoms with Crippen LogP contribution in [0.5, 0.6) is 5.75 Å². The largest absolute Gasteiger partial charge is 0.497 e. The Labute approximate surface area is 133 Å². The van der Waals surface area contributed by atoms with Crippen molar-refractivity contribution in [2.24, 2.45) is 10.2 Å². The minimum atomic E-state index is -4.15. The molecule has 0 saturated carbocycles. The molecule has 1 saturated heterocycles. The molecule has 1 fully saturated rings. The quantitative estimate of drug-likeness (QED) is 0.597. The van der Waals surface area contributed by atoms with Crippen LogP contribution in [0, 0.1) is 0 Å². The Kier molecular flexibility index (Phi) is 3.69. The van der Waals surface area contributed by atoms with E-state index < -0.39 is 28.1 Å². The Morgan fingerprint density at radius 2 is 1.96 bits per heavy atom. The van der Waals surface area contributed by atoms with Crippen LogP contribution < -0.4 is 14.2 Å². The van der Waals surface area contributed by atoms with Crippen molar-refractivity contribution in [3.63, 3.8) is 0 Å². The molecule has 0 aliphatic carbocycles. The average Bonchev–Trinajstić information content (AvgIpc) is 2.86. The van der Waals surface area contributed by atoms with Gasteiger partial charge in [0.1, 0.15) is 5.75 Å². The van der Waals surface area contributed by atoms with Gasteiger partial charge in [-0.25, -0.2) is 14.4 Å². The molecular formula is C11H9N5O5S2. The van der Waals surface area contributed by atoms with Crippen molar-refractivity contribution in [1.29, 1.82) is 0 Å². The zero-order valence-corrected chi connectivity index (χ0v) is 13.1. The number of aromatic nitrogens is 1. The summed E-state index contributed by atoms with van der Waals surface area (Å²) in [4.78, 5) is 27.3. The van der Waals surface area contributed by atoms with Crippen LogP contribution in [0.15, 0.2) is 28.4 Å². The number of benzene rings is 1. The highest BCUT2D eigenvalue weighted by Crippen LogP contribution is 2.31. The molecule has 0 radical (unpaired) electrons. The third-order valence-corrected chi connectivity index (χ3v) is 4.65. The second-order valence-corrected chi connectivity index (χ2v) is 6.81. The smallest absolute Gasteiger partial charge is 0.326 e. The van der Waals surface area contributed by atoms with Gasteiger partial charge in [0.2, 0.25) is 11.2 Å². The highest BCUT2D eigenvalue weighted by Gasteiger charge is 2.37. The van der Waals surface area contributed by atoms with Crippen molar-refractivity contribution >= 4 is 48.7 Å². The summed E-state index contributed by atoms with van der Waals surface area (Å²) in [6.07, 6.45) is 0. The second kappa shape index (κ2) is 5.55. The van der Waals surface area contributed by atoms with Gasteiger partial charge >= 0.3 is 10.2 Å². The topological polar surface area (TPSA) is 139 Å². The summed E-state index contributed by atoms with van der Waals surface area (Å²) < 4.78 is 31.4. The van der Waals surface area contributed by atoms with E-state index in [1.54, 1.807) is 27.6 Å². The van der Waals surface area contributed by atoms with Gasteiger partial charge in [0.05, 0.1) is 17.3 Å². The van der Waals surface area contributed by atoms with Gasteiger partial charge in [-0.15, -0.1) is 5.11 Å². The maximum atomic E-state index is 11.6. The lowest BCUT2D eigenvalue weighted by atomic mass is 10.3. The van der Waals surface area contributed by atoms with Crippen LogP contribution in [0.1, 0.15) is 0 Å². The van der Waals surface area contributed by atoms with E-state index in [1.165, 1.54) is 18.4 Å². The first kappa shape index (κ1) is 15.3. The predicted molar refractivity (Wildman–Crippen MR) is 79.7 cm³/mol. The first-order chi connectivity index (χ1) is 10.9. The van der Waals surface area contributed by atoms with Crippen molar-refractivity contribution in [2.45, 2.75) is 6.04 Å². The number of thiazole rings is 1. The standard InChI is InChI=1S/C11H9N5O5S2/c1-21-5-2-3-6-7(4-5)22-11(12-6)14-13-8-9(17)15-23(19,20)16-10(8)18/h2-4,8H,1H3,(H,15,17)(H,16,18). The fourth-order valence-corrected chi connectivity index (χ4v) is 3.42. The van der Waals surface area contributed by atoms with Crippen LogP contribution in [-0.2, 0) is 19.8 Å². The van der Waals surface area contributed by atoms with Gasteiger partial charge in [-0.2, -0.15) is 13.5 Å². The fraction of sp³-hybridized carbons (Fsp3) is 0.182. The van der Waals surface area contributed by atoms with Gasteiger partial charge in [0, 0.05) is 0 Å². The first-order valence-corrected chi connectivity index (χ1v) is 8.41. The molecule has 0 unspecified atom stereocenters. The molecule has 2 aromatic rings. The van der Waals surface area contributed by atoms with Crippen molar-refractivity contribution in [3.8, 4) is 5.75 Å². The van der Waals surface area contributed by atoms with Gasteiger partial charge in [-0.05, 0) is 18.2 Å². The van der Waals surface area contributed by atoms with E-state index in [0.717, 1.165) is 4.70 Å². The number of rotatable bonds is 3. The van der Waals surface area contributed by atoms with E-state index in [-0.39, 0.29) is 5.13 Å². The Hall–Kier alpha value is -2.60. The summed E-state index contributed by atoms with van der Waals surface area (Å²) in [5.74, 6) is -1.48. The molecule has 1 aromatic heterocycles. The number of carbonyl (C=O) groups excluding carboxylic acids is 2. The second-order valence-electron chi connectivity index (χ2n) is 4.38. The summed E-state index contributed by atoms with van der Waals surface area (Å²) in [5, 5.41) is 7.54. The molecule has 10 nitrogen and oxygen atoms in total. The number of carbonyl (C=O) groups is 2. The molecule has 0 bridgehead atoms. The summed E-state index contributed by atoms with van der Waals surface area (Å²) in [6, 6.07) is 3.64. The number of ether oxygens (including phenoxy) is 1. The van der Waals surface area contributed by atoms with Crippen LogP contribution in [-0.4, -0.2) is 38.4 Å². The highest BCUT2D eigenvalue weighted by molar-refractivity contribution is 7.88. The molecule has 2 heterocycles. The maximum Gasteiger partial charge on any atom is 0.326 e. The average molecular weight is 355 g/mol. The van der Waals surface area contributed by atoms with Gasteiger partial charge in [0.15, 0.2) is 0 Å². The van der Waals surface area contributed by atoms with Crippen LogP contribution >= 0.6 is 11.3 Å². The molecule has 1 aliphatic heterocycles. The molecule has 0 spiro atoms. The van der Waals surface area contributed by atoms with Crippen molar-refractivity contribution < 1.29 is 22.7 Å². The minimum Gasteiger partial charge on any atom is -0.497 e. The number of hydrogen-bond acceptors (Lipinski definition) is 9. The summed E-state index contributed by atoms with van der Waals surface area (Å²) in [6.45, 7) is 0. The number of nitrogens with zero attached hydrogens (tertiary/aromatic N) is 3. The third-order valence-electron chi connectivity index (χ3n) is 2.81. The van der Waals surface area contributed by atoms with Gasteiger partial charge in [0.25, 0.3) is 11.8 Å². The van der Waals surface area contributed by atoms with Gasteiger partial charge in [-0.3, -0.25) is 9.59 Å². The summed E-state index contributed by atoms with van der Waals surface area (Å²) >= 11 is 1.18. The lowest BCUT2D eigenvalue weighted by Crippen LogP contribution is -2.57. The van der Waals surface area contributed by atoms with Crippen molar-refractivity contribution in [2.75, 3.05) is 7.11 Å². The lowest BCUT2D eigenvalue weighted by molar-refractivity contribution is -0.130. The lowest BCUT2D eigenvalue weighted by Gasteiger charge is -2.17. The molecule has 3 rings (SSSR count).